The molecule has 15 heavy (non-hydrogen) atoms. The van der Waals surface area contributed by atoms with E-state index in [0.717, 1.165) is 0 Å². The lowest BCUT2D eigenvalue weighted by Gasteiger charge is -2.34. The third-order valence-corrected chi connectivity index (χ3v) is 2.75. The molecule has 2 aliphatic rings. The van der Waals surface area contributed by atoms with Crippen LogP contribution in [0.4, 0.5) is 4.39 Å². The molecule has 0 aliphatic carbocycles. The van der Waals surface area contributed by atoms with Crippen LogP contribution in [-0.4, -0.2) is 44.2 Å². The standard InChI is InChI=1S/C10H17FO4/c1-10(2)14-6-4-8(12-3)13-7(5-11)9(6)15-10/h6-9H,4-5H2,1-3H3. The van der Waals surface area contributed by atoms with E-state index < -0.39 is 24.9 Å². The molecule has 88 valence electrons. The van der Waals surface area contributed by atoms with E-state index in [4.69, 9.17) is 18.9 Å². The summed E-state index contributed by atoms with van der Waals surface area (Å²) in [5.41, 5.74) is 0. The van der Waals surface area contributed by atoms with Gasteiger partial charge in [-0.25, -0.2) is 4.39 Å². The summed E-state index contributed by atoms with van der Waals surface area (Å²) in [6, 6.07) is 0. The summed E-state index contributed by atoms with van der Waals surface area (Å²) in [6.07, 6.45) is -0.864. The highest BCUT2D eigenvalue weighted by atomic mass is 19.1. The molecule has 2 fully saturated rings. The van der Waals surface area contributed by atoms with Crippen LogP contribution in [0, 0.1) is 0 Å². The first-order valence-electron chi connectivity index (χ1n) is 5.15. The summed E-state index contributed by atoms with van der Waals surface area (Å²) in [5, 5.41) is 0. The van der Waals surface area contributed by atoms with Crippen LogP contribution in [0.5, 0.6) is 0 Å². The average molecular weight is 220 g/mol. The van der Waals surface area contributed by atoms with Crippen molar-refractivity contribution >= 4 is 0 Å². The molecule has 4 nitrogen and oxygen atoms in total. The van der Waals surface area contributed by atoms with Gasteiger partial charge in [0.2, 0.25) is 0 Å². The lowest BCUT2D eigenvalue weighted by atomic mass is 10.0. The van der Waals surface area contributed by atoms with Gasteiger partial charge in [0.15, 0.2) is 12.1 Å². The number of hydrogen-bond donors (Lipinski definition) is 0. The van der Waals surface area contributed by atoms with E-state index in [1.807, 2.05) is 13.8 Å². The smallest absolute Gasteiger partial charge is 0.163 e. The minimum Gasteiger partial charge on any atom is -0.356 e. The van der Waals surface area contributed by atoms with E-state index in [1.165, 1.54) is 0 Å². The Hall–Kier alpha value is -0.230. The zero-order valence-electron chi connectivity index (χ0n) is 9.23. The van der Waals surface area contributed by atoms with Crippen molar-refractivity contribution in [1.82, 2.24) is 0 Å². The van der Waals surface area contributed by atoms with Gasteiger partial charge in [-0.15, -0.1) is 0 Å². The van der Waals surface area contributed by atoms with E-state index in [1.54, 1.807) is 7.11 Å². The molecule has 2 saturated heterocycles. The van der Waals surface area contributed by atoms with Crippen molar-refractivity contribution in [3.8, 4) is 0 Å². The maximum Gasteiger partial charge on any atom is 0.163 e. The number of methoxy groups -OCH3 is 1. The van der Waals surface area contributed by atoms with Crippen molar-refractivity contribution in [1.29, 1.82) is 0 Å². The molecule has 5 heteroatoms. The van der Waals surface area contributed by atoms with Crippen molar-refractivity contribution in [3.05, 3.63) is 0 Å². The van der Waals surface area contributed by atoms with Gasteiger partial charge in [-0.1, -0.05) is 0 Å². The molecule has 4 unspecified atom stereocenters. The van der Waals surface area contributed by atoms with E-state index in [0.29, 0.717) is 6.42 Å². The van der Waals surface area contributed by atoms with E-state index in [2.05, 4.69) is 0 Å². The number of ether oxygens (including phenoxy) is 4. The normalized spacial score (nSPS) is 44.0. The molecule has 0 saturated carbocycles. The molecule has 2 aliphatic heterocycles. The molecule has 0 amide bonds. The zero-order valence-corrected chi connectivity index (χ0v) is 9.23. The van der Waals surface area contributed by atoms with E-state index in [9.17, 15) is 4.39 Å². The number of halogens is 1. The summed E-state index contributed by atoms with van der Waals surface area (Å²) in [7, 11) is 1.54. The van der Waals surface area contributed by atoms with Crippen LogP contribution in [0.1, 0.15) is 20.3 Å². The molecular formula is C10H17FO4. The summed E-state index contributed by atoms with van der Waals surface area (Å²) in [4.78, 5) is 0. The monoisotopic (exact) mass is 220 g/mol. The highest BCUT2D eigenvalue weighted by Gasteiger charge is 2.50. The molecule has 0 aromatic carbocycles. The predicted octanol–water partition coefficient (Wildman–Crippen LogP) is 1.24. The molecule has 2 rings (SSSR count). The van der Waals surface area contributed by atoms with Gasteiger partial charge >= 0.3 is 0 Å². The topological polar surface area (TPSA) is 36.9 Å². The van der Waals surface area contributed by atoms with Crippen LogP contribution in [0.15, 0.2) is 0 Å². The molecular weight excluding hydrogens is 203 g/mol. The second-order valence-electron chi connectivity index (χ2n) is 4.37. The Kier molecular flexibility index (Phi) is 2.98. The van der Waals surface area contributed by atoms with E-state index >= 15 is 0 Å². The number of fused-ring (bicyclic) bond motifs is 1. The first-order valence-corrected chi connectivity index (χ1v) is 5.15. The zero-order chi connectivity index (χ0) is 11.1. The fourth-order valence-electron chi connectivity index (χ4n) is 2.15. The average Bonchev–Trinajstić information content (AvgIpc) is 2.50. The summed E-state index contributed by atoms with van der Waals surface area (Å²) < 4.78 is 34.5. The third kappa shape index (κ3) is 2.15. The van der Waals surface area contributed by atoms with Gasteiger partial charge in [0.05, 0.1) is 6.10 Å². The van der Waals surface area contributed by atoms with Crippen molar-refractivity contribution < 1.29 is 23.3 Å². The second kappa shape index (κ2) is 3.97. The first-order chi connectivity index (χ1) is 7.05. The van der Waals surface area contributed by atoms with Gasteiger partial charge in [0.25, 0.3) is 0 Å². The number of hydrogen-bond acceptors (Lipinski definition) is 4. The van der Waals surface area contributed by atoms with Crippen molar-refractivity contribution in [2.24, 2.45) is 0 Å². The predicted molar refractivity (Wildman–Crippen MR) is 50.1 cm³/mol. The molecule has 0 aromatic heterocycles. The summed E-state index contributed by atoms with van der Waals surface area (Å²) >= 11 is 0. The van der Waals surface area contributed by atoms with Crippen LogP contribution in [-0.2, 0) is 18.9 Å². The van der Waals surface area contributed by atoms with Crippen molar-refractivity contribution in [2.75, 3.05) is 13.8 Å². The Balaban J connectivity index is 2.09. The molecule has 0 bridgehead atoms. The van der Waals surface area contributed by atoms with Crippen LogP contribution in [0.25, 0.3) is 0 Å². The van der Waals surface area contributed by atoms with Crippen LogP contribution >= 0.6 is 0 Å². The van der Waals surface area contributed by atoms with Gasteiger partial charge in [0, 0.05) is 13.5 Å². The van der Waals surface area contributed by atoms with E-state index in [-0.39, 0.29) is 12.2 Å². The fourth-order valence-corrected chi connectivity index (χ4v) is 2.15. The van der Waals surface area contributed by atoms with Gasteiger partial charge in [-0.2, -0.15) is 0 Å². The van der Waals surface area contributed by atoms with Gasteiger partial charge < -0.3 is 18.9 Å². The minimum atomic E-state index is -0.658. The highest BCUT2D eigenvalue weighted by Crippen LogP contribution is 2.37. The lowest BCUT2D eigenvalue weighted by molar-refractivity contribution is -0.224. The van der Waals surface area contributed by atoms with Crippen molar-refractivity contribution in [2.45, 2.75) is 50.7 Å². The summed E-state index contributed by atoms with van der Waals surface area (Å²) in [5.74, 6) is -0.658. The van der Waals surface area contributed by atoms with Crippen LogP contribution < -0.4 is 0 Å². The molecule has 0 spiro atoms. The maximum absolute atomic E-state index is 12.8. The van der Waals surface area contributed by atoms with Gasteiger partial charge in [-0.3, -0.25) is 0 Å². The first kappa shape index (κ1) is 11.3. The number of rotatable bonds is 2. The molecule has 0 aromatic rings. The Morgan fingerprint density at radius 3 is 2.73 bits per heavy atom. The van der Waals surface area contributed by atoms with Crippen LogP contribution in [0.3, 0.4) is 0 Å². The van der Waals surface area contributed by atoms with Gasteiger partial charge in [0.1, 0.15) is 18.9 Å². The quantitative estimate of drug-likeness (QED) is 0.701. The molecule has 4 atom stereocenters. The van der Waals surface area contributed by atoms with Gasteiger partial charge in [-0.05, 0) is 13.8 Å². The second-order valence-corrected chi connectivity index (χ2v) is 4.37. The van der Waals surface area contributed by atoms with Crippen molar-refractivity contribution in [3.63, 3.8) is 0 Å². The lowest BCUT2D eigenvalue weighted by Crippen LogP contribution is -2.48. The SMILES string of the molecule is COC1CC2OC(C)(C)OC2C(CF)O1. The molecule has 0 radical (unpaired) electrons. The summed E-state index contributed by atoms with van der Waals surface area (Å²) in [6.45, 7) is 3.06. The molecule has 0 N–H and O–H groups in total. The largest absolute Gasteiger partial charge is 0.356 e. The van der Waals surface area contributed by atoms with Crippen LogP contribution in [0.2, 0.25) is 0 Å². The Morgan fingerprint density at radius 1 is 1.40 bits per heavy atom. The fraction of sp³-hybridized carbons (Fsp3) is 1.00. The third-order valence-electron chi connectivity index (χ3n) is 2.75. The maximum atomic E-state index is 12.8. The highest BCUT2D eigenvalue weighted by molar-refractivity contribution is 4.91. The Labute approximate surface area is 88.6 Å². The Bertz CT molecular complexity index is 233. The minimum absolute atomic E-state index is 0.139. The molecule has 2 heterocycles. The number of alkyl halides is 1. The Morgan fingerprint density at radius 2 is 2.13 bits per heavy atom.